The highest BCUT2D eigenvalue weighted by molar-refractivity contribution is 5.97. The minimum atomic E-state index is -0.869. The van der Waals surface area contributed by atoms with Crippen LogP contribution in [-0.2, 0) is 0 Å². The summed E-state index contributed by atoms with van der Waals surface area (Å²) >= 11 is 0. The Morgan fingerprint density at radius 3 is 2.76 bits per heavy atom. The topological polar surface area (TPSA) is 54.6 Å². The fourth-order valence-electron chi connectivity index (χ4n) is 2.39. The largest absolute Gasteiger partial charge is 0.478 e. The van der Waals surface area contributed by atoms with Crippen LogP contribution >= 0.6 is 0 Å². The summed E-state index contributed by atoms with van der Waals surface area (Å²) in [4.78, 5) is 15.8. The maximum Gasteiger partial charge on any atom is 0.339 e. The third-order valence-corrected chi connectivity index (χ3v) is 3.32. The van der Waals surface area contributed by atoms with Gasteiger partial charge in [0.2, 0.25) is 0 Å². The first-order valence-electron chi connectivity index (χ1n) is 5.80. The van der Waals surface area contributed by atoms with Crippen molar-refractivity contribution in [2.45, 2.75) is 32.6 Å². The average molecular weight is 230 g/mol. The Kier molecular flexibility index (Phi) is 2.02. The van der Waals surface area contributed by atoms with Gasteiger partial charge in [-0.25, -0.2) is 9.78 Å². The van der Waals surface area contributed by atoms with Gasteiger partial charge in [-0.15, -0.1) is 0 Å². The van der Waals surface area contributed by atoms with Crippen LogP contribution in [0.5, 0.6) is 0 Å². The first kappa shape index (κ1) is 10.3. The summed E-state index contributed by atoms with van der Waals surface area (Å²) in [5.41, 5.74) is 3.80. The molecule has 3 rings (SSSR count). The van der Waals surface area contributed by atoms with Gasteiger partial charge in [-0.2, -0.15) is 0 Å². The highest BCUT2D eigenvalue weighted by Crippen LogP contribution is 2.43. The highest BCUT2D eigenvalue weighted by atomic mass is 16.4. The van der Waals surface area contributed by atoms with E-state index in [-0.39, 0.29) is 0 Å². The normalized spacial score (nSPS) is 15.4. The lowest BCUT2D eigenvalue weighted by Gasteiger charge is -2.02. The van der Waals surface area contributed by atoms with E-state index in [2.05, 4.69) is 4.98 Å². The molecule has 0 bridgehead atoms. The summed E-state index contributed by atoms with van der Waals surface area (Å²) in [6.45, 7) is 3.87. The lowest BCUT2D eigenvalue weighted by molar-refractivity contribution is 0.0698. The van der Waals surface area contributed by atoms with E-state index < -0.39 is 5.97 Å². The monoisotopic (exact) mass is 230 g/mol. The second kappa shape index (κ2) is 3.32. The van der Waals surface area contributed by atoms with Crippen LogP contribution in [0, 0.1) is 13.8 Å². The summed E-state index contributed by atoms with van der Waals surface area (Å²) in [6, 6.07) is 1.97. The Morgan fingerprint density at radius 1 is 1.47 bits per heavy atom. The lowest BCUT2D eigenvalue weighted by Crippen LogP contribution is -2.02. The molecule has 1 aliphatic rings. The van der Waals surface area contributed by atoms with Crippen molar-refractivity contribution in [2.24, 2.45) is 0 Å². The first-order valence-corrected chi connectivity index (χ1v) is 5.80. The Bertz CT molecular complexity index is 624. The van der Waals surface area contributed by atoms with Crippen molar-refractivity contribution in [1.29, 1.82) is 0 Å². The number of aromatic nitrogens is 2. The molecule has 1 N–H and O–H groups in total. The maximum absolute atomic E-state index is 11.4. The first-order chi connectivity index (χ1) is 8.08. The van der Waals surface area contributed by atoms with Gasteiger partial charge < -0.3 is 9.51 Å². The molecule has 88 valence electrons. The smallest absolute Gasteiger partial charge is 0.339 e. The second-order valence-corrected chi connectivity index (χ2v) is 4.77. The number of aryl methyl sites for hydroxylation is 2. The molecular weight excluding hydrogens is 216 g/mol. The second-order valence-electron chi connectivity index (χ2n) is 4.77. The van der Waals surface area contributed by atoms with E-state index in [0.29, 0.717) is 17.1 Å². The number of aromatic carboxylic acids is 1. The van der Waals surface area contributed by atoms with E-state index in [1.165, 1.54) is 0 Å². The fraction of sp³-hybridized carbons (Fsp3) is 0.385. The molecule has 17 heavy (non-hydrogen) atoms. The van der Waals surface area contributed by atoms with Gasteiger partial charge in [0, 0.05) is 17.6 Å². The van der Waals surface area contributed by atoms with E-state index in [1.54, 1.807) is 0 Å². The van der Waals surface area contributed by atoms with Crippen molar-refractivity contribution < 1.29 is 9.90 Å². The SMILES string of the molecule is Cc1cc(C)n2cc(C3CC3)c(C(=O)O)c2n1. The predicted octanol–water partition coefficient (Wildman–Crippen LogP) is 2.53. The van der Waals surface area contributed by atoms with Crippen molar-refractivity contribution in [3.63, 3.8) is 0 Å². The Hall–Kier alpha value is -1.84. The van der Waals surface area contributed by atoms with Gasteiger partial charge in [0.1, 0.15) is 5.56 Å². The van der Waals surface area contributed by atoms with Crippen LogP contribution in [0.15, 0.2) is 12.3 Å². The minimum Gasteiger partial charge on any atom is -0.478 e. The van der Waals surface area contributed by atoms with Gasteiger partial charge in [-0.3, -0.25) is 0 Å². The number of hydrogen-bond acceptors (Lipinski definition) is 2. The van der Waals surface area contributed by atoms with E-state index in [9.17, 15) is 9.90 Å². The third kappa shape index (κ3) is 1.52. The number of hydrogen-bond donors (Lipinski definition) is 1. The molecule has 0 aromatic carbocycles. The molecule has 0 unspecified atom stereocenters. The number of carboxylic acids is 1. The molecule has 2 aromatic rings. The van der Waals surface area contributed by atoms with Gasteiger partial charge in [-0.05, 0) is 44.2 Å². The van der Waals surface area contributed by atoms with Crippen LogP contribution in [0.25, 0.3) is 5.65 Å². The maximum atomic E-state index is 11.4. The lowest BCUT2D eigenvalue weighted by atomic mass is 10.1. The summed E-state index contributed by atoms with van der Waals surface area (Å²) < 4.78 is 1.89. The van der Waals surface area contributed by atoms with Crippen molar-refractivity contribution in [1.82, 2.24) is 9.38 Å². The van der Waals surface area contributed by atoms with Crippen LogP contribution in [-0.4, -0.2) is 20.5 Å². The van der Waals surface area contributed by atoms with Crippen LogP contribution < -0.4 is 0 Å². The molecule has 1 aliphatic carbocycles. The van der Waals surface area contributed by atoms with E-state index in [1.807, 2.05) is 30.5 Å². The zero-order chi connectivity index (χ0) is 12.2. The average Bonchev–Trinajstić information content (AvgIpc) is 2.99. The molecule has 4 heteroatoms. The number of nitrogens with zero attached hydrogens (tertiary/aromatic N) is 2. The Labute approximate surface area is 98.9 Å². The Balaban J connectivity index is 2.38. The van der Waals surface area contributed by atoms with Gasteiger partial charge >= 0.3 is 5.97 Å². The molecule has 0 aliphatic heterocycles. The van der Waals surface area contributed by atoms with Crippen molar-refractivity contribution in [3.8, 4) is 0 Å². The summed E-state index contributed by atoms with van der Waals surface area (Å²) in [6.07, 6.45) is 4.13. The molecule has 1 fully saturated rings. The molecule has 0 saturated heterocycles. The Morgan fingerprint density at radius 2 is 2.18 bits per heavy atom. The van der Waals surface area contributed by atoms with Gasteiger partial charge in [0.05, 0.1) is 0 Å². The highest BCUT2D eigenvalue weighted by Gasteiger charge is 2.31. The van der Waals surface area contributed by atoms with E-state index >= 15 is 0 Å². The van der Waals surface area contributed by atoms with E-state index in [4.69, 9.17) is 0 Å². The summed E-state index contributed by atoms with van der Waals surface area (Å²) in [7, 11) is 0. The molecule has 4 nitrogen and oxygen atoms in total. The minimum absolute atomic E-state index is 0.388. The zero-order valence-electron chi connectivity index (χ0n) is 9.90. The number of rotatable bonds is 2. The van der Waals surface area contributed by atoms with Crippen LogP contribution in [0.2, 0.25) is 0 Å². The fourth-order valence-corrected chi connectivity index (χ4v) is 2.39. The molecule has 2 heterocycles. The molecule has 0 spiro atoms. The van der Waals surface area contributed by atoms with Crippen molar-refractivity contribution >= 4 is 11.6 Å². The van der Waals surface area contributed by atoms with Crippen molar-refractivity contribution in [3.05, 3.63) is 34.8 Å². The summed E-state index contributed by atoms with van der Waals surface area (Å²) in [5.74, 6) is -0.450. The van der Waals surface area contributed by atoms with Crippen LogP contribution in [0.3, 0.4) is 0 Å². The molecule has 0 atom stereocenters. The number of fused-ring (bicyclic) bond motifs is 1. The van der Waals surface area contributed by atoms with E-state index in [0.717, 1.165) is 29.8 Å². The molecular formula is C13H14N2O2. The zero-order valence-corrected chi connectivity index (χ0v) is 9.90. The summed E-state index contributed by atoms with van der Waals surface area (Å²) in [5, 5.41) is 9.36. The van der Waals surface area contributed by atoms with Crippen LogP contribution in [0.4, 0.5) is 0 Å². The quantitative estimate of drug-likeness (QED) is 0.862. The van der Waals surface area contributed by atoms with Crippen LogP contribution in [0.1, 0.15) is 46.1 Å². The third-order valence-electron chi connectivity index (χ3n) is 3.32. The number of carboxylic acid groups (broad SMARTS) is 1. The van der Waals surface area contributed by atoms with Crippen molar-refractivity contribution in [2.75, 3.05) is 0 Å². The standard InChI is InChI=1S/C13H14N2O2/c1-7-5-8(2)15-6-10(9-3-4-9)11(13(16)17)12(15)14-7/h5-6,9H,3-4H2,1-2H3,(H,16,17). The molecule has 0 amide bonds. The van der Waals surface area contributed by atoms with Gasteiger partial charge in [0.15, 0.2) is 5.65 Å². The van der Waals surface area contributed by atoms with Gasteiger partial charge in [-0.1, -0.05) is 0 Å². The van der Waals surface area contributed by atoms with Gasteiger partial charge in [0.25, 0.3) is 0 Å². The molecule has 2 aromatic heterocycles. The predicted molar refractivity (Wildman–Crippen MR) is 63.6 cm³/mol. The molecule has 0 radical (unpaired) electrons. The number of carbonyl (C=O) groups is 1. The molecule has 1 saturated carbocycles.